The van der Waals surface area contributed by atoms with Crippen LogP contribution in [0.3, 0.4) is 0 Å². The van der Waals surface area contributed by atoms with Gasteiger partial charge in [-0.25, -0.2) is 0 Å². The third-order valence-electron chi connectivity index (χ3n) is 5.37. The summed E-state index contributed by atoms with van der Waals surface area (Å²) in [4.78, 5) is 12.6. The van der Waals surface area contributed by atoms with Crippen molar-refractivity contribution in [2.75, 3.05) is 5.32 Å². The van der Waals surface area contributed by atoms with Gasteiger partial charge in [0.15, 0.2) is 5.75 Å². The lowest BCUT2D eigenvalue weighted by atomic mass is 10.0. The Morgan fingerprint density at radius 1 is 0.914 bits per heavy atom. The number of carbonyl (C=O) groups is 1. The second kappa shape index (κ2) is 9.16. The van der Waals surface area contributed by atoms with Crippen molar-refractivity contribution in [1.29, 1.82) is 0 Å². The smallest absolute Gasteiger partial charge is 0.294 e. The summed E-state index contributed by atoms with van der Waals surface area (Å²) in [6.07, 6.45) is 0. The number of anilines is 1. The number of hydrogen-bond acceptors (Lipinski definition) is 7. The maximum Gasteiger partial charge on any atom is 0.294 e. The van der Waals surface area contributed by atoms with Crippen LogP contribution < -0.4 is 5.32 Å². The molecule has 0 fully saturated rings. The number of amides is 1. The third-order valence-corrected chi connectivity index (χ3v) is 6.22. The minimum atomic E-state index is -4.54. The lowest BCUT2D eigenvalue weighted by Crippen LogP contribution is -2.13. The normalized spacial score (nSPS) is 11.7. The van der Waals surface area contributed by atoms with Gasteiger partial charge in [-0.2, -0.15) is 8.42 Å². The van der Waals surface area contributed by atoms with Crippen LogP contribution in [0.15, 0.2) is 81.9 Å². The van der Waals surface area contributed by atoms with Gasteiger partial charge in [0.25, 0.3) is 16.0 Å². The third kappa shape index (κ3) is 4.98. The summed E-state index contributed by atoms with van der Waals surface area (Å²) < 4.78 is 32.1. The van der Waals surface area contributed by atoms with Gasteiger partial charge >= 0.3 is 0 Å². The second-order valence-electron chi connectivity index (χ2n) is 7.94. The molecule has 0 unspecified atom stereocenters. The van der Waals surface area contributed by atoms with Crippen molar-refractivity contribution in [2.45, 2.75) is 18.7 Å². The number of hydrogen-bond donors (Lipinski definition) is 4. The van der Waals surface area contributed by atoms with Crippen molar-refractivity contribution < 1.29 is 28.0 Å². The summed E-state index contributed by atoms with van der Waals surface area (Å²) in [6.45, 7) is 3.80. The number of carbonyl (C=O) groups excluding carboxylic acids is 1. The van der Waals surface area contributed by atoms with Crippen LogP contribution in [0.25, 0.3) is 10.8 Å². The SMILES string of the molecule is Cc1ccc(NC(=O)c2cc3ccccc3c(N=Nc3cc(S(=O)(=O)O)ccc3O)c2O)c(C)c1. The molecule has 0 radical (unpaired) electrons. The molecule has 0 bridgehead atoms. The number of benzene rings is 4. The van der Waals surface area contributed by atoms with Crippen molar-refractivity contribution >= 4 is 43.9 Å². The molecule has 0 atom stereocenters. The van der Waals surface area contributed by atoms with Crippen LogP contribution in [0.2, 0.25) is 0 Å². The summed E-state index contributed by atoms with van der Waals surface area (Å²) in [5, 5.41) is 32.8. The summed E-state index contributed by atoms with van der Waals surface area (Å²) in [5.74, 6) is -1.40. The Kier molecular flexibility index (Phi) is 6.25. The molecule has 0 aliphatic rings. The van der Waals surface area contributed by atoms with Gasteiger partial charge in [-0.1, -0.05) is 42.0 Å². The standard InChI is InChI=1S/C25H21N3O6S/c1-14-7-9-20(15(2)11-14)26-25(31)19-12-16-5-3-4-6-18(16)23(24(19)30)28-27-21-13-17(35(32,33)34)8-10-22(21)29/h3-13,29-30H,1-2H3,(H,26,31)(H,32,33,34). The zero-order chi connectivity index (χ0) is 25.3. The number of aromatic hydroxyl groups is 2. The maximum atomic E-state index is 13.1. The zero-order valence-electron chi connectivity index (χ0n) is 18.7. The van der Waals surface area contributed by atoms with E-state index in [1.807, 2.05) is 26.0 Å². The molecule has 4 aromatic carbocycles. The van der Waals surface area contributed by atoms with Gasteiger partial charge in [-0.15, -0.1) is 10.2 Å². The first-order valence-corrected chi connectivity index (χ1v) is 11.8. The largest absolute Gasteiger partial charge is 0.506 e. The Morgan fingerprint density at radius 2 is 1.66 bits per heavy atom. The van der Waals surface area contributed by atoms with Crippen molar-refractivity contribution in [3.05, 3.63) is 83.4 Å². The monoisotopic (exact) mass is 491 g/mol. The number of phenolic OH excluding ortho intramolecular Hbond substituents is 2. The van der Waals surface area contributed by atoms with Gasteiger partial charge < -0.3 is 15.5 Å². The van der Waals surface area contributed by atoms with Crippen molar-refractivity contribution in [3.63, 3.8) is 0 Å². The number of fused-ring (bicyclic) bond motifs is 1. The molecule has 178 valence electrons. The molecule has 9 nitrogen and oxygen atoms in total. The van der Waals surface area contributed by atoms with Crippen LogP contribution in [-0.4, -0.2) is 29.1 Å². The molecule has 0 saturated carbocycles. The molecule has 0 spiro atoms. The van der Waals surface area contributed by atoms with Gasteiger partial charge in [-0.3, -0.25) is 9.35 Å². The Morgan fingerprint density at radius 3 is 2.37 bits per heavy atom. The van der Waals surface area contributed by atoms with E-state index in [1.165, 1.54) is 6.07 Å². The minimum absolute atomic E-state index is 0.0477. The van der Waals surface area contributed by atoms with E-state index in [-0.39, 0.29) is 16.9 Å². The molecule has 0 aliphatic heterocycles. The minimum Gasteiger partial charge on any atom is -0.506 e. The summed E-state index contributed by atoms with van der Waals surface area (Å²) in [7, 11) is -4.54. The predicted molar refractivity (Wildman–Crippen MR) is 132 cm³/mol. The fraction of sp³-hybridized carbons (Fsp3) is 0.0800. The topological polar surface area (TPSA) is 149 Å². The number of rotatable bonds is 5. The highest BCUT2D eigenvalue weighted by atomic mass is 32.2. The second-order valence-corrected chi connectivity index (χ2v) is 9.36. The number of nitrogens with zero attached hydrogens (tertiary/aromatic N) is 2. The number of azo groups is 1. The van der Waals surface area contributed by atoms with Crippen LogP contribution >= 0.6 is 0 Å². The van der Waals surface area contributed by atoms with Gasteiger partial charge in [-0.05, 0) is 55.1 Å². The van der Waals surface area contributed by atoms with E-state index < -0.39 is 32.4 Å². The summed E-state index contributed by atoms with van der Waals surface area (Å²) in [6, 6.07) is 16.9. The van der Waals surface area contributed by atoms with Gasteiger partial charge in [0, 0.05) is 11.1 Å². The molecule has 0 heterocycles. The maximum absolute atomic E-state index is 13.1. The first-order valence-electron chi connectivity index (χ1n) is 10.4. The molecule has 0 aliphatic carbocycles. The average molecular weight is 492 g/mol. The molecule has 10 heteroatoms. The summed E-state index contributed by atoms with van der Waals surface area (Å²) in [5.41, 5.74) is 2.13. The number of nitrogens with one attached hydrogen (secondary N) is 1. The molecular formula is C25H21N3O6S. The highest BCUT2D eigenvalue weighted by Gasteiger charge is 2.19. The Balaban J connectivity index is 1.80. The molecule has 4 rings (SSSR count). The van der Waals surface area contributed by atoms with E-state index in [9.17, 15) is 28.0 Å². The van der Waals surface area contributed by atoms with Gasteiger partial charge in [0.05, 0.1) is 10.5 Å². The van der Waals surface area contributed by atoms with E-state index in [2.05, 4.69) is 15.5 Å². The molecule has 4 aromatic rings. The Bertz CT molecular complexity index is 1610. The van der Waals surface area contributed by atoms with Gasteiger partial charge in [0.1, 0.15) is 17.1 Å². The fourth-order valence-corrected chi connectivity index (χ4v) is 4.08. The molecule has 0 saturated heterocycles. The Labute approximate surface area is 201 Å². The van der Waals surface area contributed by atoms with Crippen molar-refractivity contribution in [1.82, 2.24) is 0 Å². The lowest BCUT2D eigenvalue weighted by molar-refractivity contribution is 0.102. The van der Waals surface area contributed by atoms with E-state index in [0.717, 1.165) is 29.3 Å². The van der Waals surface area contributed by atoms with Crippen molar-refractivity contribution in [2.24, 2.45) is 10.2 Å². The van der Waals surface area contributed by atoms with Crippen LogP contribution in [-0.2, 0) is 10.1 Å². The van der Waals surface area contributed by atoms with E-state index >= 15 is 0 Å². The Hall–Kier alpha value is -4.28. The first-order chi connectivity index (χ1) is 16.5. The highest BCUT2D eigenvalue weighted by Crippen LogP contribution is 2.40. The quantitative estimate of drug-likeness (QED) is 0.205. The zero-order valence-corrected chi connectivity index (χ0v) is 19.5. The number of phenols is 2. The lowest BCUT2D eigenvalue weighted by Gasteiger charge is -2.13. The number of aryl methyl sites for hydroxylation is 2. The van der Waals surface area contributed by atoms with E-state index in [1.54, 1.807) is 30.3 Å². The van der Waals surface area contributed by atoms with Crippen LogP contribution in [0.4, 0.5) is 17.1 Å². The van der Waals surface area contributed by atoms with E-state index in [0.29, 0.717) is 16.5 Å². The van der Waals surface area contributed by atoms with Crippen molar-refractivity contribution in [3.8, 4) is 11.5 Å². The highest BCUT2D eigenvalue weighted by molar-refractivity contribution is 7.85. The van der Waals surface area contributed by atoms with E-state index in [4.69, 9.17) is 0 Å². The summed E-state index contributed by atoms with van der Waals surface area (Å²) >= 11 is 0. The molecule has 0 aromatic heterocycles. The fourth-order valence-electron chi connectivity index (χ4n) is 3.58. The van der Waals surface area contributed by atoms with Gasteiger partial charge in [0.2, 0.25) is 0 Å². The van der Waals surface area contributed by atoms with Crippen LogP contribution in [0, 0.1) is 13.8 Å². The molecule has 35 heavy (non-hydrogen) atoms. The molecular weight excluding hydrogens is 470 g/mol. The first kappa shape index (κ1) is 23.9. The predicted octanol–water partition coefficient (Wildman–Crippen LogP) is 5.78. The molecule has 1 amide bonds. The molecule has 4 N–H and O–H groups in total. The average Bonchev–Trinajstić information content (AvgIpc) is 2.80. The van der Waals surface area contributed by atoms with Crippen LogP contribution in [0.5, 0.6) is 11.5 Å². The van der Waals surface area contributed by atoms with Crippen LogP contribution in [0.1, 0.15) is 21.5 Å².